The number of nitrogens with one attached hydrogen (secondary N) is 1. The molecule has 2 heterocycles. The van der Waals surface area contributed by atoms with Crippen LogP contribution in [0.4, 0.5) is 0 Å². The second-order valence-electron chi connectivity index (χ2n) is 7.71. The van der Waals surface area contributed by atoms with Crippen LogP contribution in [0.5, 0.6) is 0 Å². The summed E-state index contributed by atoms with van der Waals surface area (Å²) in [7, 11) is 0. The molecule has 0 bridgehead atoms. The van der Waals surface area contributed by atoms with Gasteiger partial charge in [-0.05, 0) is 37.7 Å². The zero-order valence-electron chi connectivity index (χ0n) is 16.0. The van der Waals surface area contributed by atoms with Crippen LogP contribution in [0.2, 0.25) is 0 Å². The highest BCUT2D eigenvalue weighted by atomic mass is 16.5. The fourth-order valence-electron chi connectivity index (χ4n) is 3.95. The van der Waals surface area contributed by atoms with Gasteiger partial charge >= 0.3 is 0 Å². The zero-order chi connectivity index (χ0) is 19.1. The fraction of sp³-hybridized carbons (Fsp3) is 0.619. The largest absolute Gasteiger partial charge is 0.381 e. The maximum atomic E-state index is 12.8. The van der Waals surface area contributed by atoms with Gasteiger partial charge in [-0.3, -0.25) is 9.59 Å². The third kappa shape index (κ3) is 5.08. The monoisotopic (exact) mass is 373 g/mol. The van der Waals surface area contributed by atoms with Crippen molar-refractivity contribution in [1.82, 2.24) is 10.2 Å². The Balaban J connectivity index is 1.43. The Hall–Kier alpha value is -1.92. The van der Waals surface area contributed by atoms with E-state index in [-0.39, 0.29) is 17.9 Å². The molecule has 0 aliphatic carbocycles. The van der Waals surface area contributed by atoms with E-state index in [9.17, 15) is 9.59 Å². The quantitative estimate of drug-likeness (QED) is 0.791. The van der Waals surface area contributed by atoms with Gasteiger partial charge in [-0.15, -0.1) is 0 Å². The van der Waals surface area contributed by atoms with Gasteiger partial charge in [0.1, 0.15) is 0 Å². The number of nitrogens with zero attached hydrogens (tertiary/aromatic N) is 1. The van der Waals surface area contributed by atoms with Gasteiger partial charge in [0.05, 0.1) is 5.41 Å². The van der Waals surface area contributed by atoms with E-state index in [1.165, 1.54) is 5.56 Å². The summed E-state index contributed by atoms with van der Waals surface area (Å²) in [5.41, 5.74) is 6.62. The lowest BCUT2D eigenvalue weighted by Gasteiger charge is -2.38. The van der Waals surface area contributed by atoms with Crippen molar-refractivity contribution >= 4 is 11.8 Å². The molecule has 148 valence electrons. The molecule has 0 saturated carbocycles. The molecular formula is C21H31N3O3. The van der Waals surface area contributed by atoms with E-state index in [1.807, 2.05) is 23.1 Å². The van der Waals surface area contributed by atoms with Gasteiger partial charge in [-0.2, -0.15) is 0 Å². The highest BCUT2D eigenvalue weighted by Gasteiger charge is 2.39. The summed E-state index contributed by atoms with van der Waals surface area (Å²) < 4.78 is 5.38. The first-order valence-electron chi connectivity index (χ1n) is 10.0. The van der Waals surface area contributed by atoms with Crippen molar-refractivity contribution in [1.29, 1.82) is 0 Å². The summed E-state index contributed by atoms with van der Waals surface area (Å²) in [5.74, 6) is 0.258. The Morgan fingerprint density at radius 1 is 1.15 bits per heavy atom. The third-order valence-corrected chi connectivity index (χ3v) is 5.98. The molecule has 1 aromatic carbocycles. The molecule has 6 nitrogen and oxygen atoms in total. The van der Waals surface area contributed by atoms with Crippen molar-refractivity contribution < 1.29 is 14.3 Å². The molecule has 2 amide bonds. The summed E-state index contributed by atoms with van der Waals surface area (Å²) in [5, 5.41) is 3.19. The zero-order valence-corrected chi connectivity index (χ0v) is 16.0. The fourth-order valence-corrected chi connectivity index (χ4v) is 3.95. The van der Waals surface area contributed by atoms with Crippen molar-refractivity contribution in [3.05, 3.63) is 35.9 Å². The van der Waals surface area contributed by atoms with Crippen molar-refractivity contribution in [2.75, 3.05) is 32.8 Å². The predicted molar refractivity (Wildman–Crippen MR) is 104 cm³/mol. The molecule has 2 saturated heterocycles. The standard InChI is InChI=1S/C21H31N3O3/c22-16-21(10-14-27-15-11-21)20(26)23-18-8-12-24(13-9-18)19(25)7-6-17-4-2-1-3-5-17/h1-5,18H,6-16,22H2,(H,23,26). The molecule has 27 heavy (non-hydrogen) atoms. The lowest BCUT2D eigenvalue weighted by molar-refractivity contribution is -0.137. The first-order chi connectivity index (χ1) is 13.1. The Labute approximate surface area is 161 Å². The number of aryl methyl sites for hydroxylation is 1. The molecule has 1 aromatic rings. The van der Waals surface area contributed by atoms with Gasteiger partial charge in [0.2, 0.25) is 11.8 Å². The lowest BCUT2D eigenvalue weighted by Crippen LogP contribution is -2.54. The maximum absolute atomic E-state index is 12.8. The molecule has 6 heteroatoms. The normalized spacial score (nSPS) is 20.3. The van der Waals surface area contributed by atoms with E-state index in [4.69, 9.17) is 10.5 Å². The average molecular weight is 373 g/mol. The van der Waals surface area contributed by atoms with Gasteiger partial charge in [-0.1, -0.05) is 30.3 Å². The minimum atomic E-state index is -0.485. The van der Waals surface area contributed by atoms with E-state index in [1.54, 1.807) is 0 Å². The van der Waals surface area contributed by atoms with Crippen LogP contribution in [0.25, 0.3) is 0 Å². The van der Waals surface area contributed by atoms with Crippen LogP contribution in [0.1, 0.15) is 37.7 Å². The molecule has 3 rings (SSSR count). The number of rotatable bonds is 6. The van der Waals surface area contributed by atoms with Gasteiger partial charge in [-0.25, -0.2) is 0 Å². The first kappa shape index (κ1) is 19.8. The van der Waals surface area contributed by atoms with Gasteiger partial charge in [0, 0.05) is 45.3 Å². The van der Waals surface area contributed by atoms with Crippen LogP contribution in [0.15, 0.2) is 30.3 Å². The molecule has 0 spiro atoms. The average Bonchev–Trinajstić information content (AvgIpc) is 2.73. The number of hydrogen-bond acceptors (Lipinski definition) is 4. The van der Waals surface area contributed by atoms with Crippen molar-refractivity contribution in [3.63, 3.8) is 0 Å². The Bertz CT molecular complexity index is 621. The number of benzene rings is 1. The minimum Gasteiger partial charge on any atom is -0.381 e. The third-order valence-electron chi connectivity index (χ3n) is 5.98. The molecule has 2 aliphatic rings. The van der Waals surface area contributed by atoms with E-state index in [0.717, 1.165) is 19.3 Å². The molecule has 0 unspecified atom stereocenters. The number of nitrogens with two attached hydrogens (primary N) is 1. The summed E-state index contributed by atoms with van der Waals surface area (Å²) in [6.45, 7) is 2.96. The van der Waals surface area contributed by atoms with Crippen LogP contribution < -0.4 is 11.1 Å². The molecular weight excluding hydrogens is 342 g/mol. The van der Waals surface area contributed by atoms with Crippen LogP contribution in [0, 0.1) is 5.41 Å². The molecule has 3 N–H and O–H groups in total. The SMILES string of the molecule is NCC1(C(=O)NC2CCN(C(=O)CCc3ccccc3)CC2)CCOCC1. The summed E-state index contributed by atoms with van der Waals surface area (Å²) in [6.07, 6.45) is 4.30. The maximum Gasteiger partial charge on any atom is 0.227 e. The van der Waals surface area contributed by atoms with E-state index < -0.39 is 5.41 Å². The van der Waals surface area contributed by atoms with E-state index in [2.05, 4.69) is 17.4 Å². The van der Waals surface area contributed by atoms with Crippen molar-refractivity contribution in [3.8, 4) is 0 Å². The lowest BCUT2D eigenvalue weighted by atomic mass is 9.79. The number of carbonyl (C=O) groups excluding carboxylic acids is 2. The minimum absolute atomic E-state index is 0.0576. The highest BCUT2D eigenvalue weighted by molar-refractivity contribution is 5.83. The second kappa shape index (κ2) is 9.33. The second-order valence-corrected chi connectivity index (χ2v) is 7.71. The van der Waals surface area contributed by atoms with Crippen molar-refractivity contribution in [2.24, 2.45) is 11.1 Å². The van der Waals surface area contributed by atoms with Crippen molar-refractivity contribution in [2.45, 2.75) is 44.6 Å². The molecule has 0 radical (unpaired) electrons. The highest BCUT2D eigenvalue weighted by Crippen LogP contribution is 2.30. The summed E-state index contributed by atoms with van der Waals surface area (Å²) in [4.78, 5) is 27.1. The summed E-state index contributed by atoms with van der Waals surface area (Å²) in [6, 6.07) is 10.2. The number of piperidine rings is 1. The Morgan fingerprint density at radius 2 is 1.81 bits per heavy atom. The summed E-state index contributed by atoms with van der Waals surface area (Å²) >= 11 is 0. The van der Waals surface area contributed by atoms with Crippen LogP contribution >= 0.6 is 0 Å². The van der Waals surface area contributed by atoms with Crippen LogP contribution in [-0.2, 0) is 20.7 Å². The van der Waals surface area contributed by atoms with Gasteiger partial charge in [0.25, 0.3) is 0 Å². The van der Waals surface area contributed by atoms with Gasteiger partial charge < -0.3 is 20.7 Å². The number of carbonyl (C=O) groups is 2. The van der Waals surface area contributed by atoms with Crippen LogP contribution in [0.3, 0.4) is 0 Å². The predicted octanol–water partition coefficient (Wildman–Crippen LogP) is 1.48. The van der Waals surface area contributed by atoms with E-state index in [0.29, 0.717) is 52.1 Å². The Morgan fingerprint density at radius 3 is 2.44 bits per heavy atom. The number of likely N-dealkylation sites (tertiary alicyclic amines) is 1. The number of amides is 2. The first-order valence-corrected chi connectivity index (χ1v) is 10.0. The molecule has 2 fully saturated rings. The smallest absolute Gasteiger partial charge is 0.227 e. The topological polar surface area (TPSA) is 84.7 Å². The van der Waals surface area contributed by atoms with Gasteiger partial charge in [0.15, 0.2) is 0 Å². The number of ether oxygens (including phenoxy) is 1. The molecule has 0 aromatic heterocycles. The van der Waals surface area contributed by atoms with E-state index >= 15 is 0 Å². The van der Waals surface area contributed by atoms with Crippen LogP contribution in [-0.4, -0.2) is 55.6 Å². The molecule has 0 atom stereocenters. The Kier molecular flexibility index (Phi) is 6.85. The molecule has 2 aliphatic heterocycles. The number of hydrogen-bond donors (Lipinski definition) is 2.